The van der Waals surface area contributed by atoms with E-state index < -0.39 is 0 Å². The fourth-order valence-corrected chi connectivity index (χ4v) is 3.88. The van der Waals surface area contributed by atoms with Crippen molar-refractivity contribution in [3.05, 3.63) is 52.1 Å². The van der Waals surface area contributed by atoms with Crippen LogP contribution in [0, 0.1) is 12.3 Å². The minimum absolute atomic E-state index is 0.0102. The van der Waals surface area contributed by atoms with Crippen LogP contribution < -0.4 is 10.4 Å². The van der Waals surface area contributed by atoms with Gasteiger partial charge < -0.3 is 14.6 Å². The third-order valence-corrected chi connectivity index (χ3v) is 6.14. The number of hydrogen-bond donors (Lipinski definition) is 2. The monoisotopic (exact) mass is 497 g/mol. The fourth-order valence-electron chi connectivity index (χ4n) is 3.88. The Morgan fingerprint density at radius 3 is 2.50 bits per heavy atom. The molecule has 3 aromatic rings. The topological polar surface area (TPSA) is 115 Å². The number of aryl methyl sites for hydroxylation is 1. The highest BCUT2D eigenvalue weighted by atomic mass is 16.5. The number of Topliss-reactive ketones (excluding diaryl/α,β-unsaturated/α-hetero) is 1. The van der Waals surface area contributed by atoms with Gasteiger partial charge in [-0.1, -0.05) is 40.7 Å². The van der Waals surface area contributed by atoms with E-state index in [1.165, 1.54) is 9.20 Å². The van der Waals surface area contributed by atoms with E-state index in [1.54, 1.807) is 0 Å². The lowest BCUT2D eigenvalue weighted by Gasteiger charge is -2.21. The number of hydrogen-bond acceptors (Lipinski definition) is 7. The van der Waals surface area contributed by atoms with Crippen LogP contribution in [0.5, 0.6) is 5.88 Å². The number of fused-ring (bicyclic) bond motifs is 1. The molecule has 9 heteroatoms. The van der Waals surface area contributed by atoms with Gasteiger partial charge in [-0.3, -0.25) is 10.2 Å². The van der Waals surface area contributed by atoms with Crippen LogP contribution in [0.4, 0.5) is 0 Å². The van der Waals surface area contributed by atoms with E-state index in [1.807, 2.05) is 25.1 Å². The van der Waals surface area contributed by atoms with Crippen LogP contribution in [0.2, 0.25) is 0 Å². The number of rotatable bonds is 12. The Hall–Kier alpha value is -3.04. The van der Waals surface area contributed by atoms with Gasteiger partial charge in [-0.25, -0.2) is 4.68 Å². The molecule has 36 heavy (non-hydrogen) atoms. The predicted octanol–water partition coefficient (Wildman–Crippen LogP) is 3.97. The smallest absolute Gasteiger partial charge is 0.242 e. The predicted molar refractivity (Wildman–Crippen MR) is 137 cm³/mol. The Morgan fingerprint density at radius 2 is 1.86 bits per heavy atom. The molecule has 0 radical (unpaired) electrons. The molecular weight excluding hydrogens is 458 g/mol. The highest BCUT2D eigenvalue weighted by molar-refractivity contribution is 5.96. The third kappa shape index (κ3) is 6.59. The molecular formula is C27H39N5O4. The van der Waals surface area contributed by atoms with E-state index in [4.69, 9.17) is 20.0 Å². The normalized spacial score (nSPS) is 12.0. The standard InChI is InChI=1S/C27H39N5O4/c1-7-22(8-2)36-24-12-18(3)25-30-31(26(28)32(25)29-24)16-23(34)20-13-19(17-35-11-9-10-33)14-21(15-20)27(4,5)6/h12-15,22,28,33H,7-11,16-17H2,1-6H3. The molecule has 0 bridgehead atoms. The lowest BCUT2D eigenvalue weighted by molar-refractivity contribution is 0.0963. The number of ether oxygens (including phenoxy) is 2. The van der Waals surface area contributed by atoms with Crippen LogP contribution in [0.3, 0.4) is 0 Å². The maximum absolute atomic E-state index is 13.4. The first kappa shape index (κ1) is 27.5. The Labute approximate surface area is 212 Å². The Bertz CT molecular complexity index is 1250. The maximum atomic E-state index is 13.4. The second-order valence-electron chi connectivity index (χ2n) is 10.2. The molecule has 2 aromatic heterocycles. The van der Waals surface area contributed by atoms with Crippen LogP contribution in [0.25, 0.3) is 5.65 Å². The molecule has 0 saturated carbocycles. The molecule has 1 aromatic carbocycles. The minimum atomic E-state index is -0.154. The lowest BCUT2D eigenvalue weighted by atomic mass is 9.84. The summed E-state index contributed by atoms with van der Waals surface area (Å²) in [6.07, 6.45) is 2.35. The van der Waals surface area contributed by atoms with E-state index in [0.29, 0.717) is 36.7 Å². The second-order valence-corrected chi connectivity index (χ2v) is 10.2. The average molecular weight is 498 g/mol. The van der Waals surface area contributed by atoms with Crippen molar-refractivity contribution in [2.75, 3.05) is 13.2 Å². The third-order valence-electron chi connectivity index (χ3n) is 6.14. The largest absolute Gasteiger partial charge is 0.473 e. The molecule has 0 fully saturated rings. The highest BCUT2D eigenvalue weighted by Gasteiger charge is 2.20. The van der Waals surface area contributed by atoms with Crippen molar-refractivity contribution in [1.82, 2.24) is 19.4 Å². The summed E-state index contributed by atoms with van der Waals surface area (Å²) in [5.74, 6) is 0.299. The second kappa shape index (κ2) is 11.8. The first-order valence-corrected chi connectivity index (χ1v) is 12.6. The van der Waals surface area contributed by atoms with E-state index in [0.717, 1.165) is 29.5 Å². The zero-order chi connectivity index (χ0) is 26.5. The number of nitrogens with one attached hydrogen (secondary N) is 1. The Kier molecular flexibility index (Phi) is 9.03. The van der Waals surface area contributed by atoms with Gasteiger partial charge in [0.25, 0.3) is 0 Å². The van der Waals surface area contributed by atoms with E-state index >= 15 is 0 Å². The molecule has 0 aliphatic rings. The van der Waals surface area contributed by atoms with Gasteiger partial charge in [0.15, 0.2) is 11.4 Å². The summed E-state index contributed by atoms with van der Waals surface area (Å²) in [6.45, 7) is 13.1. The molecule has 0 spiro atoms. The molecule has 0 unspecified atom stereocenters. The van der Waals surface area contributed by atoms with Gasteiger partial charge in [-0.15, -0.1) is 10.2 Å². The minimum Gasteiger partial charge on any atom is -0.473 e. The number of aliphatic hydroxyl groups excluding tert-OH is 1. The van der Waals surface area contributed by atoms with Crippen molar-refractivity contribution in [3.63, 3.8) is 0 Å². The van der Waals surface area contributed by atoms with Gasteiger partial charge in [0.2, 0.25) is 11.5 Å². The zero-order valence-electron chi connectivity index (χ0n) is 22.3. The number of ketones is 1. The summed E-state index contributed by atoms with van der Waals surface area (Å²) in [7, 11) is 0. The van der Waals surface area contributed by atoms with Crippen LogP contribution in [-0.4, -0.2) is 49.6 Å². The van der Waals surface area contributed by atoms with Crippen molar-refractivity contribution in [3.8, 4) is 5.88 Å². The van der Waals surface area contributed by atoms with E-state index in [9.17, 15) is 4.79 Å². The van der Waals surface area contributed by atoms with Crippen molar-refractivity contribution < 1.29 is 19.4 Å². The fraction of sp³-hybridized carbons (Fsp3) is 0.556. The average Bonchev–Trinajstić information content (AvgIpc) is 3.15. The molecule has 2 N–H and O–H groups in total. The molecule has 0 saturated heterocycles. The first-order chi connectivity index (χ1) is 17.1. The Balaban J connectivity index is 1.90. The quantitative estimate of drug-likeness (QED) is 0.289. The van der Waals surface area contributed by atoms with Crippen LogP contribution in [0.1, 0.15) is 80.9 Å². The van der Waals surface area contributed by atoms with Gasteiger partial charge in [-0.05, 0) is 54.9 Å². The van der Waals surface area contributed by atoms with Gasteiger partial charge in [0.1, 0.15) is 6.54 Å². The van der Waals surface area contributed by atoms with E-state index in [2.05, 4.69) is 50.9 Å². The summed E-state index contributed by atoms with van der Waals surface area (Å²) in [6, 6.07) is 7.62. The van der Waals surface area contributed by atoms with Crippen molar-refractivity contribution in [2.24, 2.45) is 0 Å². The Morgan fingerprint density at radius 1 is 1.14 bits per heavy atom. The molecule has 2 heterocycles. The highest BCUT2D eigenvalue weighted by Crippen LogP contribution is 2.25. The molecule has 0 aliphatic heterocycles. The maximum Gasteiger partial charge on any atom is 0.242 e. The number of benzene rings is 1. The number of carbonyl (C=O) groups is 1. The molecule has 0 atom stereocenters. The SMILES string of the molecule is CCC(CC)Oc1cc(C)c2nn(CC(=O)c3cc(COCCCO)cc(C(C)(C)C)c3)c(=N)n2n1. The van der Waals surface area contributed by atoms with E-state index in [-0.39, 0.29) is 36.1 Å². The van der Waals surface area contributed by atoms with Gasteiger partial charge in [-0.2, -0.15) is 4.52 Å². The molecule has 0 amide bonds. The summed E-state index contributed by atoms with van der Waals surface area (Å²) in [5.41, 5.74) is 3.68. The van der Waals surface area contributed by atoms with Crippen LogP contribution in [-0.2, 0) is 23.3 Å². The zero-order valence-corrected chi connectivity index (χ0v) is 22.3. The molecule has 9 nitrogen and oxygen atoms in total. The number of nitrogens with zero attached hydrogens (tertiary/aromatic N) is 4. The van der Waals surface area contributed by atoms with Crippen LogP contribution >= 0.6 is 0 Å². The van der Waals surface area contributed by atoms with Crippen molar-refractivity contribution in [2.45, 2.75) is 85.5 Å². The number of carbonyl (C=O) groups excluding carboxylic acids is 1. The van der Waals surface area contributed by atoms with Crippen molar-refractivity contribution in [1.29, 1.82) is 5.41 Å². The van der Waals surface area contributed by atoms with Crippen molar-refractivity contribution >= 4 is 11.4 Å². The summed E-state index contributed by atoms with van der Waals surface area (Å²) < 4.78 is 14.4. The number of aliphatic hydroxyl groups is 1. The van der Waals surface area contributed by atoms with Crippen LogP contribution in [0.15, 0.2) is 24.3 Å². The molecule has 3 rings (SSSR count). The molecule has 0 aliphatic carbocycles. The lowest BCUT2D eigenvalue weighted by Crippen LogP contribution is -2.27. The van der Waals surface area contributed by atoms with Gasteiger partial charge >= 0.3 is 0 Å². The summed E-state index contributed by atoms with van der Waals surface area (Å²) in [4.78, 5) is 13.4. The van der Waals surface area contributed by atoms with Gasteiger partial charge in [0.05, 0.1) is 12.7 Å². The number of aromatic nitrogens is 4. The molecule has 196 valence electrons. The first-order valence-electron chi connectivity index (χ1n) is 12.6. The summed E-state index contributed by atoms with van der Waals surface area (Å²) in [5, 5.41) is 26.6. The summed E-state index contributed by atoms with van der Waals surface area (Å²) >= 11 is 0. The van der Waals surface area contributed by atoms with Gasteiger partial charge in [0, 0.05) is 30.4 Å².